The smallest absolute Gasteiger partial charge is 0.264 e. The van der Waals surface area contributed by atoms with Crippen LogP contribution in [0.2, 0.25) is 0 Å². The molecule has 0 bridgehead atoms. The van der Waals surface area contributed by atoms with Crippen molar-refractivity contribution in [1.29, 1.82) is 0 Å². The fraction of sp³-hybridized carbons (Fsp3) is 0.450. The zero-order valence-electron chi connectivity index (χ0n) is 15.5. The van der Waals surface area contributed by atoms with E-state index in [1.165, 1.54) is 0 Å². The van der Waals surface area contributed by atoms with E-state index in [0.29, 0.717) is 18.7 Å². The molecule has 148 valence electrons. The van der Waals surface area contributed by atoms with Crippen molar-refractivity contribution in [2.45, 2.75) is 51.0 Å². The molecule has 1 aromatic carbocycles. The lowest BCUT2D eigenvalue weighted by molar-refractivity contribution is -0.136. The van der Waals surface area contributed by atoms with Crippen molar-refractivity contribution in [1.82, 2.24) is 10.2 Å². The number of hydrogen-bond acceptors (Lipinski definition) is 6. The van der Waals surface area contributed by atoms with Crippen LogP contribution in [0.25, 0.3) is 0 Å². The predicted octanol–water partition coefficient (Wildman–Crippen LogP) is 1.65. The summed E-state index contributed by atoms with van der Waals surface area (Å²) in [6, 6.07) is 4.05. The Hall–Kier alpha value is -3.03. The van der Waals surface area contributed by atoms with Gasteiger partial charge in [-0.25, -0.2) is 0 Å². The Labute approximate surface area is 162 Å². The molecule has 28 heavy (non-hydrogen) atoms. The molecular formula is C20H23N3O5. The van der Waals surface area contributed by atoms with E-state index in [-0.39, 0.29) is 24.0 Å². The van der Waals surface area contributed by atoms with Crippen LogP contribution in [0.15, 0.2) is 18.2 Å². The topological polar surface area (TPSA) is 113 Å². The lowest BCUT2D eigenvalue weighted by Gasteiger charge is -2.27. The maximum Gasteiger partial charge on any atom is 0.264 e. The molecule has 0 aromatic heterocycles. The van der Waals surface area contributed by atoms with Gasteiger partial charge < -0.3 is 10.1 Å². The normalized spacial score (nSPS) is 18.9. The maximum atomic E-state index is 12.9. The van der Waals surface area contributed by atoms with Crippen molar-refractivity contribution in [3.8, 4) is 0 Å². The molecule has 1 fully saturated rings. The van der Waals surface area contributed by atoms with Crippen LogP contribution >= 0.6 is 0 Å². The molecule has 1 aromatic rings. The zero-order valence-corrected chi connectivity index (χ0v) is 15.5. The first-order chi connectivity index (χ1) is 13.5. The molecular weight excluding hydrogens is 362 g/mol. The van der Waals surface area contributed by atoms with Gasteiger partial charge in [0.2, 0.25) is 11.8 Å². The minimum absolute atomic E-state index is 0.0963. The summed E-state index contributed by atoms with van der Waals surface area (Å²) in [7, 11) is 0. The Morgan fingerprint density at radius 2 is 1.86 bits per heavy atom. The highest BCUT2D eigenvalue weighted by molar-refractivity contribution is 6.25. The molecule has 2 aliphatic rings. The highest BCUT2D eigenvalue weighted by Crippen LogP contribution is 2.32. The quantitative estimate of drug-likeness (QED) is 0.380. The van der Waals surface area contributed by atoms with Crippen molar-refractivity contribution < 1.29 is 24.0 Å². The van der Waals surface area contributed by atoms with Crippen molar-refractivity contribution in [2.24, 2.45) is 0 Å². The van der Waals surface area contributed by atoms with Crippen LogP contribution in [0.4, 0.5) is 5.69 Å². The standard InChI is InChI=1S/C20H23N3O5/c24-12-5-3-1-2-4-11-21-14-8-6-7-13-17(14)20(28)23(19(13)27)15-9-10-16(25)22-18(15)26/h6-8,12,15,21H,1-5,9-11H2,(H,22,25,26). The highest BCUT2D eigenvalue weighted by atomic mass is 16.2. The number of imide groups is 2. The summed E-state index contributed by atoms with van der Waals surface area (Å²) in [4.78, 5) is 60.4. The van der Waals surface area contributed by atoms with Crippen molar-refractivity contribution in [3.63, 3.8) is 0 Å². The summed E-state index contributed by atoms with van der Waals surface area (Å²) < 4.78 is 0. The van der Waals surface area contributed by atoms with Crippen molar-refractivity contribution >= 4 is 35.6 Å². The Morgan fingerprint density at radius 3 is 2.61 bits per heavy atom. The third kappa shape index (κ3) is 3.95. The molecule has 0 spiro atoms. The van der Waals surface area contributed by atoms with Crippen LogP contribution < -0.4 is 10.6 Å². The number of piperidine rings is 1. The van der Waals surface area contributed by atoms with Gasteiger partial charge in [-0.15, -0.1) is 0 Å². The molecule has 1 atom stereocenters. The molecule has 1 unspecified atom stereocenters. The molecule has 0 saturated carbocycles. The number of hydrogen-bond donors (Lipinski definition) is 2. The largest absolute Gasteiger partial charge is 0.384 e. The molecule has 4 amide bonds. The van der Waals surface area contributed by atoms with Gasteiger partial charge in [0.05, 0.1) is 11.1 Å². The van der Waals surface area contributed by atoms with Crippen LogP contribution in [-0.2, 0) is 14.4 Å². The molecule has 0 aliphatic carbocycles. The molecule has 8 nitrogen and oxygen atoms in total. The fourth-order valence-electron chi connectivity index (χ4n) is 3.59. The number of benzene rings is 1. The average molecular weight is 385 g/mol. The number of amides is 4. The Kier molecular flexibility index (Phi) is 6.18. The third-order valence-corrected chi connectivity index (χ3v) is 5.03. The summed E-state index contributed by atoms with van der Waals surface area (Å²) in [6.07, 6.45) is 5.41. The van der Waals surface area contributed by atoms with Gasteiger partial charge in [0, 0.05) is 25.1 Å². The number of nitrogens with zero attached hydrogens (tertiary/aromatic N) is 1. The average Bonchev–Trinajstić information content (AvgIpc) is 2.93. The molecule has 2 N–H and O–H groups in total. The van der Waals surface area contributed by atoms with E-state index in [2.05, 4.69) is 10.6 Å². The van der Waals surface area contributed by atoms with Crippen LogP contribution in [0, 0.1) is 0 Å². The summed E-state index contributed by atoms with van der Waals surface area (Å²) in [5.41, 5.74) is 1.11. The second-order valence-corrected chi connectivity index (χ2v) is 6.97. The van der Waals surface area contributed by atoms with Gasteiger partial charge in [-0.2, -0.15) is 0 Å². The number of carbonyl (C=O) groups is 5. The molecule has 8 heteroatoms. The molecule has 1 saturated heterocycles. The second-order valence-electron chi connectivity index (χ2n) is 6.97. The first kappa shape index (κ1) is 19.7. The minimum Gasteiger partial charge on any atom is -0.384 e. The Bertz CT molecular complexity index is 820. The molecule has 3 rings (SSSR count). The van der Waals surface area contributed by atoms with E-state index in [1.54, 1.807) is 18.2 Å². The lowest BCUT2D eigenvalue weighted by Crippen LogP contribution is -2.54. The van der Waals surface area contributed by atoms with Crippen molar-refractivity contribution in [2.75, 3.05) is 11.9 Å². The van der Waals surface area contributed by atoms with Gasteiger partial charge >= 0.3 is 0 Å². The summed E-state index contributed by atoms with van der Waals surface area (Å²) in [6.45, 7) is 0.636. The van der Waals surface area contributed by atoms with E-state index < -0.39 is 29.7 Å². The molecule has 2 heterocycles. The number of unbranched alkanes of at least 4 members (excludes halogenated alkanes) is 4. The fourth-order valence-corrected chi connectivity index (χ4v) is 3.59. The number of fused-ring (bicyclic) bond motifs is 1. The van der Waals surface area contributed by atoms with Gasteiger partial charge in [0.15, 0.2) is 0 Å². The van der Waals surface area contributed by atoms with Gasteiger partial charge in [-0.1, -0.05) is 18.9 Å². The van der Waals surface area contributed by atoms with Crippen LogP contribution in [0.5, 0.6) is 0 Å². The molecule has 0 radical (unpaired) electrons. The predicted molar refractivity (Wildman–Crippen MR) is 101 cm³/mol. The lowest BCUT2D eigenvalue weighted by atomic mass is 10.0. The number of rotatable bonds is 9. The first-order valence-electron chi connectivity index (χ1n) is 9.56. The van der Waals surface area contributed by atoms with E-state index >= 15 is 0 Å². The minimum atomic E-state index is -0.962. The SMILES string of the molecule is O=CCCCCCCNc1cccc2c1C(=O)N(C1CCC(=O)NC1=O)C2=O. The summed E-state index contributed by atoms with van der Waals surface area (Å²) in [5, 5.41) is 5.39. The number of carbonyl (C=O) groups excluding carboxylic acids is 5. The van der Waals surface area contributed by atoms with Crippen LogP contribution in [0.1, 0.15) is 65.7 Å². The second kappa shape index (κ2) is 8.77. The van der Waals surface area contributed by atoms with E-state index in [4.69, 9.17) is 0 Å². The highest BCUT2D eigenvalue weighted by Gasteiger charge is 2.45. The van der Waals surface area contributed by atoms with E-state index in [0.717, 1.165) is 36.9 Å². The van der Waals surface area contributed by atoms with Crippen LogP contribution in [0.3, 0.4) is 0 Å². The number of nitrogens with one attached hydrogen (secondary N) is 2. The Balaban J connectivity index is 1.67. The molecule has 2 aliphatic heterocycles. The van der Waals surface area contributed by atoms with E-state index in [9.17, 15) is 24.0 Å². The van der Waals surface area contributed by atoms with Gasteiger partial charge in [-0.3, -0.25) is 29.4 Å². The maximum absolute atomic E-state index is 12.9. The first-order valence-corrected chi connectivity index (χ1v) is 9.56. The number of aldehydes is 1. The summed E-state index contributed by atoms with van der Waals surface area (Å²) >= 11 is 0. The van der Waals surface area contributed by atoms with Gasteiger partial charge in [-0.05, 0) is 31.4 Å². The van der Waals surface area contributed by atoms with Crippen LogP contribution in [-0.4, -0.2) is 47.4 Å². The zero-order chi connectivity index (χ0) is 20.1. The third-order valence-electron chi connectivity index (χ3n) is 5.03. The summed E-state index contributed by atoms with van der Waals surface area (Å²) in [5.74, 6) is -2.03. The Morgan fingerprint density at radius 1 is 1.07 bits per heavy atom. The monoisotopic (exact) mass is 385 g/mol. The van der Waals surface area contributed by atoms with E-state index in [1.807, 2.05) is 0 Å². The van der Waals surface area contributed by atoms with Gasteiger partial charge in [0.1, 0.15) is 12.3 Å². The number of anilines is 1. The van der Waals surface area contributed by atoms with Gasteiger partial charge in [0.25, 0.3) is 11.8 Å². The van der Waals surface area contributed by atoms with Crippen molar-refractivity contribution in [3.05, 3.63) is 29.3 Å².